The van der Waals surface area contributed by atoms with Gasteiger partial charge >= 0.3 is 5.97 Å². The summed E-state index contributed by atoms with van der Waals surface area (Å²) in [5.41, 5.74) is 4.01. The summed E-state index contributed by atoms with van der Waals surface area (Å²) in [5, 5.41) is 3.14. The van der Waals surface area contributed by atoms with Crippen LogP contribution >= 0.6 is 23.4 Å². The molecule has 0 bridgehead atoms. The molecule has 0 amide bonds. The van der Waals surface area contributed by atoms with E-state index in [1.54, 1.807) is 11.8 Å². The van der Waals surface area contributed by atoms with Crippen LogP contribution in [0.3, 0.4) is 0 Å². The van der Waals surface area contributed by atoms with Gasteiger partial charge in [0.15, 0.2) is 0 Å². The highest BCUT2D eigenvalue weighted by Crippen LogP contribution is 2.38. The average molecular weight is 452 g/mol. The van der Waals surface area contributed by atoms with Gasteiger partial charge in [0, 0.05) is 32.8 Å². The summed E-state index contributed by atoms with van der Waals surface area (Å²) < 4.78 is 7.93. The van der Waals surface area contributed by atoms with Gasteiger partial charge in [-0.3, -0.25) is 4.79 Å². The molecular formula is C26H26ClNO2S. The number of fused-ring (bicyclic) bond motifs is 3. The Morgan fingerprint density at radius 3 is 2.39 bits per heavy atom. The van der Waals surface area contributed by atoms with Crippen molar-refractivity contribution in [3.8, 4) is 0 Å². The van der Waals surface area contributed by atoms with E-state index in [2.05, 4.69) is 59.4 Å². The fourth-order valence-electron chi connectivity index (χ4n) is 3.99. The van der Waals surface area contributed by atoms with Gasteiger partial charge in [-0.25, -0.2) is 0 Å². The van der Waals surface area contributed by atoms with E-state index in [0.29, 0.717) is 0 Å². The van der Waals surface area contributed by atoms with Crippen LogP contribution in [0, 0.1) is 0 Å². The number of carbonyl (C=O) groups is 1. The lowest BCUT2D eigenvalue weighted by Crippen LogP contribution is -2.25. The molecule has 3 nitrogen and oxygen atoms in total. The number of rotatable bonds is 5. The van der Waals surface area contributed by atoms with Crippen molar-refractivity contribution in [2.75, 3.05) is 6.26 Å². The second kappa shape index (κ2) is 8.60. The molecule has 0 N–H and O–H groups in total. The Morgan fingerprint density at radius 2 is 1.71 bits per heavy atom. The fourth-order valence-corrected chi connectivity index (χ4v) is 4.93. The molecular weight excluding hydrogens is 426 g/mol. The van der Waals surface area contributed by atoms with E-state index in [1.807, 2.05) is 32.9 Å². The Bertz CT molecular complexity index is 1250. The van der Waals surface area contributed by atoms with Crippen LogP contribution in [0.4, 0.5) is 0 Å². The summed E-state index contributed by atoms with van der Waals surface area (Å²) in [6, 6.07) is 20.6. The summed E-state index contributed by atoms with van der Waals surface area (Å²) in [5.74, 6) is -0.206. The molecule has 0 saturated carbocycles. The molecule has 0 saturated heterocycles. The zero-order valence-corrected chi connectivity index (χ0v) is 19.8. The van der Waals surface area contributed by atoms with Crippen molar-refractivity contribution in [1.82, 2.24) is 4.57 Å². The van der Waals surface area contributed by atoms with Crippen molar-refractivity contribution < 1.29 is 9.53 Å². The number of esters is 1. The maximum atomic E-state index is 12.6. The number of thioether (sulfide) groups is 1. The van der Waals surface area contributed by atoms with Gasteiger partial charge in [-0.05, 0) is 56.4 Å². The van der Waals surface area contributed by atoms with Gasteiger partial charge in [0.05, 0.1) is 11.9 Å². The predicted octanol–water partition coefficient (Wildman–Crippen LogP) is 7.10. The minimum atomic E-state index is -0.496. The van der Waals surface area contributed by atoms with Crippen LogP contribution < -0.4 is 0 Å². The number of hydrogen-bond acceptors (Lipinski definition) is 3. The Balaban J connectivity index is 1.87. The molecule has 0 fully saturated rings. The maximum Gasteiger partial charge on any atom is 0.310 e. The molecule has 0 radical (unpaired) electrons. The van der Waals surface area contributed by atoms with E-state index in [-0.39, 0.29) is 12.4 Å². The molecule has 0 atom stereocenters. The molecule has 4 rings (SSSR count). The molecule has 0 aliphatic heterocycles. The van der Waals surface area contributed by atoms with Gasteiger partial charge in [0.25, 0.3) is 0 Å². The van der Waals surface area contributed by atoms with E-state index < -0.39 is 5.60 Å². The Labute approximate surface area is 192 Å². The molecule has 3 aromatic carbocycles. The molecule has 160 valence electrons. The minimum Gasteiger partial charge on any atom is -0.460 e. The molecule has 0 aliphatic rings. The first kappa shape index (κ1) is 21.8. The molecule has 1 heterocycles. The standard InChI is InChI=1S/C26H26ClNO2S/c1-26(2,3)30-23(29)15-18-11-14-21-20-7-5-6-8-22(20)28(24(21)25(18)31-4)16-17-9-12-19(27)13-10-17/h5-14H,15-16H2,1-4H3. The summed E-state index contributed by atoms with van der Waals surface area (Å²) in [7, 11) is 0. The van der Waals surface area contributed by atoms with E-state index in [4.69, 9.17) is 16.3 Å². The van der Waals surface area contributed by atoms with Crippen LogP contribution in [0.5, 0.6) is 0 Å². The fraction of sp³-hybridized carbons (Fsp3) is 0.269. The number of nitrogens with zero attached hydrogens (tertiary/aromatic N) is 1. The topological polar surface area (TPSA) is 31.2 Å². The van der Waals surface area contributed by atoms with E-state index in [0.717, 1.165) is 27.5 Å². The first-order chi connectivity index (χ1) is 14.8. The highest BCUT2D eigenvalue weighted by Gasteiger charge is 2.21. The third-order valence-electron chi connectivity index (χ3n) is 5.18. The average Bonchev–Trinajstić information content (AvgIpc) is 3.02. The van der Waals surface area contributed by atoms with Gasteiger partial charge in [0.1, 0.15) is 5.60 Å². The lowest BCUT2D eigenvalue weighted by molar-refractivity contribution is -0.153. The normalized spacial score (nSPS) is 11.9. The molecule has 1 aromatic heterocycles. The minimum absolute atomic E-state index is 0.206. The summed E-state index contributed by atoms with van der Waals surface area (Å²) in [6.07, 6.45) is 2.32. The predicted molar refractivity (Wildman–Crippen MR) is 131 cm³/mol. The van der Waals surface area contributed by atoms with Crippen LogP contribution in [0.25, 0.3) is 21.8 Å². The molecule has 31 heavy (non-hydrogen) atoms. The van der Waals surface area contributed by atoms with Crippen molar-refractivity contribution in [2.24, 2.45) is 0 Å². The SMILES string of the molecule is CSc1c(CC(=O)OC(C)(C)C)ccc2c3ccccc3n(Cc3ccc(Cl)cc3)c12. The van der Waals surface area contributed by atoms with Gasteiger partial charge in [-0.2, -0.15) is 0 Å². The third-order valence-corrected chi connectivity index (χ3v) is 6.30. The van der Waals surface area contributed by atoms with Crippen LogP contribution in [-0.2, 0) is 22.5 Å². The van der Waals surface area contributed by atoms with Gasteiger partial charge in [0.2, 0.25) is 0 Å². The number of hydrogen-bond donors (Lipinski definition) is 0. The van der Waals surface area contributed by atoms with E-state index in [1.165, 1.54) is 21.9 Å². The van der Waals surface area contributed by atoms with Crippen molar-refractivity contribution in [3.05, 3.63) is 76.8 Å². The highest BCUT2D eigenvalue weighted by molar-refractivity contribution is 7.98. The summed E-state index contributed by atoms with van der Waals surface area (Å²) >= 11 is 7.77. The second-order valence-corrected chi connectivity index (χ2v) is 9.90. The Morgan fingerprint density at radius 1 is 1.00 bits per heavy atom. The van der Waals surface area contributed by atoms with Crippen molar-refractivity contribution in [3.63, 3.8) is 0 Å². The third kappa shape index (κ3) is 4.60. The monoisotopic (exact) mass is 451 g/mol. The Hall–Kier alpha value is -2.43. The molecule has 0 spiro atoms. The van der Waals surface area contributed by atoms with Crippen LogP contribution in [-0.4, -0.2) is 22.4 Å². The van der Waals surface area contributed by atoms with Crippen molar-refractivity contribution in [2.45, 2.75) is 44.2 Å². The summed E-state index contributed by atoms with van der Waals surface area (Å²) in [4.78, 5) is 13.7. The zero-order chi connectivity index (χ0) is 22.2. The van der Waals surface area contributed by atoms with E-state index >= 15 is 0 Å². The number of benzene rings is 3. The lowest BCUT2D eigenvalue weighted by Gasteiger charge is -2.20. The molecule has 0 unspecified atom stereocenters. The molecule has 0 aliphatic carbocycles. The number of halogens is 1. The van der Waals surface area contributed by atoms with Crippen molar-refractivity contribution >= 4 is 51.1 Å². The first-order valence-electron chi connectivity index (χ1n) is 10.3. The number of para-hydroxylation sites is 1. The highest BCUT2D eigenvalue weighted by atomic mass is 35.5. The lowest BCUT2D eigenvalue weighted by atomic mass is 10.1. The van der Waals surface area contributed by atoms with Gasteiger partial charge in [-0.1, -0.05) is 54.1 Å². The van der Waals surface area contributed by atoms with Crippen molar-refractivity contribution in [1.29, 1.82) is 0 Å². The second-order valence-electron chi connectivity index (χ2n) is 8.65. The smallest absolute Gasteiger partial charge is 0.310 e. The summed E-state index contributed by atoms with van der Waals surface area (Å²) in [6.45, 7) is 6.42. The molecule has 5 heteroatoms. The largest absolute Gasteiger partial charge is 0.460 e. The Kier molecular flexibility index (Phi) is 6.05. The van der Waals surface area contributed by atoms with Gasteiger partial charge in [-0.15, -0.1) is 11.8 Å². The molecule has 4 aromatic rings. The number of aromatic nitrogens is 1. The quantitative estimate of drug-likeness (QED) is 0.239. The maximum absolute atomic E-state index is 12.6. The van der Waals surface area contributed by atoms with Crippen LogP contribution in [0.15, 0.2) is 65.6 Å². The van der Waals surface area contributed by atoms with E-state index in [9.17, 15) is 4.79 Å². The van der Waals surface area contributed by atoms with Crippen LogP contribution in [0.2, 0.25) is 5.02 Å². The zero-order valence-electron chi connectivity index (χ0n) is 18.2. The first-order valence-corrected chi connectivity index (χ1v) is 11.9. The number of carbonyl (C=O) groups excluding carboxylic acids is 1. The van der Waals surface area contributed by atoms with Crippen LogP contribution in [0.1, 0.15) is 31.9 Å². The number of ether oxygens (including phenoxy) is 1. The van der Waals surface area contributed by atoms with Gasteiger partial charge < -0.3 is 9.30 Å².